The van der Waals surface area contributed by atoms with Gasteiger partial charge in [-0.25, -0.2) is 0 Å². The van der Waals surface area contributed by atoms with Crippen molar-refractivity contribution in [2.24, 2.45) is 0 Å². The number of carbonyl (C=O) groups is 1. The second kappa shape index (κ2) is 4.28. The van der Waals surface area contributed by atoms with Gasteiger partial charge in [-0.05, 0) is 20.8 Å². The van der Waals surface area contributed by atoms with E-state index in [4.69, 9.17) is 4.74 Å². The van der Waals surface area contributed by atoms with E-state index in [1.165, 1.54) is 0 Å². The summed E-state index contributed by atoms with van der Waals surface area (Å²) in [6.07, 6.45) is 0. The van der Waals surface area contributed by atoms with Crippen LogP contribution in [0.25, 0.3) is 0 Å². The minimum atomic E-state index is -0.173. The predicted molar refractivity (Wildman–Crippen MR) is 55.1 cm³/mol. The number of nitrogens with zero attached hydrogens (tertiary/aromatic N) is 1. The Morgan fingerprint density at radius 1 is 1.57 bits per heavy atom. The smallest absolute Gasteiger partial charge is 0.242 e. The van der Waals surface area contributed by atoms with Crippen molar-refractivity contribution >= 4 is 5.91 Å². The minimum absolute atomic E-state index is 0.0921. The van der Waals surface area contributed by atoms with Gasteiger partial charge in [-0.1, -0.05) is 0 Å². The summed E-state index contributed by atoms with van der Waals surface area (Å²) in [6, 6.07) is -0.173. The first-order valence-electron chi connectivity index (χ1n) is 5.00. The van der Waals surface area contributed by atoms with E-state index in [0.29, 0.717) is 6.61 Å². The topological polar surface area (TPSA) is 41.6 Å². The molecule has 1 aliphatic rings. The molecule has 0 aromatic heterocycles. The third-order valence-corrected chi connectivity index (χ3v) is 2.43. The Bertz CT molecular complexity index is 209. The molecule has 0 saturated carbocycles. The lowest BCUT2D eigenvalue weighted by atomic mass is 10.0. The Kier molecular flexibility index (Phi) is 3.50. The molecule has 1 atom stereocenters. The fraction of sp³-hybridized carbons (Fsp3) is 0.900. The lowest BCUT2D eigenvalue weighted by molar-refractivity contribution is -0.142. The maximum absolute atomic E-state index is 11.9. The number of rotatable bonds is 2. The molecular weight excluding hydrogens is 180 g/mol. The molecule has 1 N–H and O–H groups in total. The zero-order valence-corrected chi connectivity index (χ0v) is 9.46. The van der Waals surface area contributed by atoms with Gasteiger partial charge in [-0.15, -0.1) is 0 Å². The first-order valence-corrected chi connectivity index (χ1v) is 5.00. The molecule has 0 aromatic rings. The van der Waals surface area contributed by atoms with Crippen LogP contribution in [0.15, 0.2) is 0 Å². The molecule has 4 heteroatoms. The third kappa shape index (κ3) is 2.45. The molecule has 1 amide bonds. The van der Waals surface area contributed by atoms with Gasteiger partial charge >= 0.3 is 0 Å². The predicted octanol–water partition coefficient (Wildman–Crippen LogP) is 0.232. The van der Waals surface area contributed by atoms with Gasteiger partial charge < -0.3 is 15.0 Å². The van der Waals surface area contributed by atoms with Crippen molar-refractivity contribution in [3.8, 4) is 0 Å². The summed E-state index contributed by atoms with van der Waals surface area (Å²) in [5.41, 5.74) is -0.0921. The van der Waals surface area contributed by atoms with E-state index in [0.717, 1.165) is 13.1 Å². The van der Waals surface area contributed by atoms with Crippen molar-refractivity contribution in [3.63, 3.8) is 0 Å². The SMILES string of the molecule is COCC1NCCN(C(C)(C)C)C1=O. The number of methoxy groups -OCH3 is 1. The van der Waals surface area contributed by atoms with Gasteiger partial charge in [0.2, 0.25) is 5.91 Å². The zero-order valence-electron chi connectivity index (χ0n) is 9.46. The summed E-state index contributed by atoms with van der Waals surface area (Å²) in [5.74, 6) is 0.144. The lowest BCUT2D eigenvalue weighted by Gasteiger charge is -2.41. The van der Waals surface area contributed by atoms with Crippen molar-refractivity contribution in [1.82, 2.24) is 10.2 Å². The number of amides is 1. The highest BCUT2D eigenvalue weighted by molar-refractivity contribution is 5.83. The highest BCUT2D eigenvalue weighted by Gasteiger charge is 2.34. The maximum atomic E-state index is 11.9. The van der Waals surface area contributed by atoms with Crippen LogP contribution in [-0.4, -0.2) is 49.2 Å². The summed E-state index contributed by atoms with van der Waals surface area (Å²) in [7, 11) is 1.62. The molecule has 1 aliphatic heterocycles. The molecule has 1 saturated heterocycles. The van der Waals surface area contributed by atoms with Crippen molar-refractivity contribution in [1.29, 1.82) is 0 Å². The molecular formula is C10H20N2O2. The van der Waals surface area contributed by atoms with E-state index in [-0.39, 0.29) is 17.5 Å². The number of nitrogens with one attached hydrogen (secondary N) is 1. The maximum Gasteiger partial charge on any atom is 0.242 e. The third-order valence-electron chi connectivity index (χ3n) is 2.43. The van der Waals surface area contributed by atoms with E-state index in [2.05, 4.69) is 26.1 Å². The molecule has 1 rings (SSSR count). The van der Waals surface area contributed by atoms with Gasteiger partial charge in [-0.2, -0.15) is 0 Å². The monoisotopic (exact) mass is 200 g/mol. The second-order valence-electron chi connectivity index (χ2n) is 4.62. The Hall–Kier alpha value is -0.610. The van der Waals surface area contributed by atoms with E-state index in [9.17, 15) is 4.79 Å². The number of hydrogen-bond acceptors (Lipinski definition) is 3. The normalized spacial score (nSPS) is 24.1. The first-order chi connectivity index (χ1) is 6.46. The fourth-order valence-corrected chi connectivity index (χ4v) is 1.70. The van der Waals surface area contributed by atoms with Crippen molar-refractivity contribution in [2.45, 2.75) is 32.4 Å². The quantitative estimate of drug-likeness (QED) is 0.694. The van der Waals surface area contributed by atoms with Gasteiger partial charge in [0.05, 0.1) is 6.61 Å². The summed E-state index contributed by atoms with van der Waals surface area (Å²) in [4.78, 5) is 13.9. The minimum Gasteiger partial charge on any atom is -0.383 e. The van der Waals surface area contributed by atoms with Crippen LogP contribution in [0, 0.1) is 0 Å². The standard InChI is InChI=1S/C10H20N2O2/c1-10(2,3)12-6-5-11-8(7-14-4)9(12)13/h8,11H,5-7H2,1-4H3. The first kappa shape index (κ1) is 11.5. The molecule has 1 fully saturated rings. The van der Waals surface area contributed by atoms with Crippen molar-refractivity contribution < 1.29 is 9.53 Å². The number of carbonyl (C=O) groups excluding carboxylic acids is 1. The van der Waals surface area contributed by atoms with Crippen LogP contribution in [-0.2, 0) is 9.53 Å². The molecule has 4 nitrogen and oxygen atoms in total. The highest BCUT2D eigenvalue weighted by Crippen LogP contribution is 2.16. The van der Waals surface area contributed by atoms with E-state index < -0.39 is 0 Å². The van der Waals surface area contributed by atoms with Gasteiger partial charge in [0.25, 0.3) is 0 Å². The molecule has 82 valence electrons. The van der Waals surface area contributed by atoms with Crippen LogP contribution >= 0.6 is 0 Å². The number of piperazine rings is 1. The molecule has 0 aromatic carbocycles. The number of ether oxygens (including phenoxy) is 1. The van der Waals surface area contributed by atoms with E-state index in [1.807, 2.05) is 4.90 Å². The molecule has 0 bridgehead atoms. The van der Waals surface area contributed by atoms with Crippen LogP contribution in [0.5, 0.6) is 0 Å². The van der Waals surface area contributed by atoms with E-state index in [1.54, 1.807) is 7.11 Å². The van der Waals surface area contributed by atoms with Crippen molar-refractivity contribution in [3.05, 3.63) is 0 Å². The average Bonchev–Trinajstić information content (AvgIpc) is 2.07. The molecule has 1 unspecified atom stereocenters. The summed E-state index contributed by atoms with van der Waals surface area (Å²) < 4.78 is 5.00. The molecule has 1 heterocycles. The van der Waals surface area contributed by atoms with E-state index >= 15 is 0 Å². The highest BCUT2D eigenvalue weighted by atomic mass is 16.5. The van der Waals surface area contributed by atoms with Crippen molar-refractivity contribution in [2.75, 3.05) is 26.8 Å². The zero-order chi connectivity index (χ0) is 10.8. The largest absolute Gasteiger partial charge is 0.383 e. The summed E-state index contributed by atoms with van der Waals surface area (Å²) in [5, 5.41) is 3.16. The average molecular weight is 200 g/mol. The summed E-state index contributed by atoms with van der Waals surface area (Å²) in [6.45, 7) is 8.24. The van der Waals surface area contributed by atoms with Gasteiger partial charge in [0, 0.05) is 25.7 Å². The Labute approximate surface area is 85.6 Å². The Balaban J connectivity index is 2.66. The van der Waals surface area contributed by atoms with Crippen LogP contribution < -0.4 is 5.32 Å². The summed E-state index contributed by atoms with van der Waals surface area (Å²) >= 11 is 0. The van der Waals surface area contributed by atoms with Gasteiger partial charge in [-0.3, -0.25) is 4.79 Å². The Morgan fingerprint density at radius 2 is 2.21 bits per heavy atom. The molecule has 0 spiro atoms. The fourth-order valence-electron chi connectivity index (χ4n) is 1.70. The molecule has 14 heavy (non-hydrogen) atoms. The van der Waals surface area contributed by atoms with Crippen LogP contribution in [0.2, 0.25) is 0 Å². The van der Waals surface area contributed by atoms with Crippen LogP contribution in [0.4, 0.5) is 0 Å². The molecule has 0 radical (unpaired) electrons. The lowest BCUT2D eigenvalue weighted by Crippen LogP contribution is -2.61. The number of hydrogen-bond donors (Lipinski definition) is 1. The second-order valence-corrected chi connectivity index (χ2v) is 4.62. The Morgan fingerprint density at radius 3 is 2.71 bits per heavy atom. The van der Waals surface area contributed by atoms with Gasteiger partial charge in [0.1, 0.15) is 6.04 Å². The van der Waals surface area contributed by atoms with Crippen LogP contribution in [0.3, 0.4) is 0 Å². The van der Waals surface area contributed by atoms with Crippen LogP contribution in [0.1, 0.15) is 20.8 Å². The van der Waals surface area contributed by atoms with Gasteiger partial charge in [0.15, 0.2) is 0 Å². The molecule has 0 aliphatic carbocycles.